The molecule has 0 spiro atoms. The highest BCUT2D eigenvalue weighted by Crippen LogP contribution is 2.17. The van der Waals surface area contributed by atoms with E-state index in [4.69, 9.17) is 9.15 Å². The van der Waals surface area contributed by atoms with Gasteiger partial charge in [-0.1, -0.05) is 19.8 Å². The third-order valence-electron chi connectivity index (χ3n) is 4.20. The minimum absolute atomic E-state index is 0.147. The van der Waals surface area contributed by atoms with Gasteiger partial charge in [0.05, 0.1) is 12.5 Å². The number of hydrogen-bond acceptors (Lipinski definition) is 6. The number of amides is 3. The van der Waals surface area contributed by atoms with Crippen LogP contribution in [-0.2, 0) is 0 Å². The fourth-order valence-corrected chi connectivity index (χ4v) is 2.29. The van der Waals surface area contributed by atoms with Gasteiger partial charge in [0.2, 0.25) is 0 Å². The second kappa shape index (κ2) is 13.2. The molecular weight excluding hydrogens is 374 g/mol. The number of nitrogens with zero attached hydrogens (tertiary/aromatic N) is 1. The van der Waals surface area contributed by atoms with Crippen LogP contribution in [0.4, 0.5) is 4.79 Å². The van der Waals surface area contributed by atoms with Crippen LogP contribution in [0.2, 0.25) is 0 Å². The zero-order chi connectivity index (χ0) is 20.7. The zero-order valence-corrected chi connectivity index (χ0v) is 16.6. The van der Waals surface area contributed by atoms with Crippen molar-refractivity contribution < 1.29 is 18.7 Å². The van der Waals surface area contributed by atoms with Crippen LogP contribution in [0, 0.1) is 0 Å². The topological polar surface area (TPSA) is 118 Å². The lowest BCUT2D eigenvalue weighted by Crippen LogP contribution is -2.47. The van der Waals surface area contributed by atoms with E-state index in [0.717, 1.165) is 18.6 Å². The summed E-state index contributed by atoms with van der Waals surface area (Å²) in [6.07, 6.45) is 10.7. The predicted molar refractivity (Wildman–Crippen MR) is 108 cm³/mol. The number of carbonyl (C=O) groups excluding carboxylic acids is 2. The number of unbranched alkanes of at least 4 members (excludes halogenated alkanes) is 1. The van der Waals surface area contributed by atoms with Crippen molar-refractivity contribution in [3.05, 3.63) is 48.7 Å². The monoisotopic (exact) mass is 403 g/mol. The molecule has 0 radical (unpaired) electrons. The van der Waals surface area contributed by atoms with Gasteiger partial charge in [-0.2, -0.15) is 0 Å². The first kappa shape index (κ1) is 22.2. The molecule has 0 aromatic carbocycles. The molecule has 3 rings (SSSR count). The maximum absolute atomic E-state index is 11.3. The number of urea groups is 1. The Labute approximate surface area is 170 Å². The quantitative estimate of drug-likeness (QED) is 0.306. The van der Waals surface area contributed by atoms with Crippen molar-refractivity contribution in [2.24, 2.45) is 0 Å². The van der Waals surface area contributed by atoms with Gasteiger partial charge in [-0.3, -0.25) is 20.5 Å². The Bertz CT molecular complexity index is 705. The summed E-state index contributed by atoms with van der Waals surface area (Å²) in [5, 5.41) is 5.91. The Morgan fingerprint density at radius 3 is 2.72 bits per heavy atom. The molecule has 1 aliphatic rings. The number of aromatic nitrogens is 1. The number of rotatable bonds is 8. The van der Waals surface area contributed by atoms with Crippen molar-refractivity contribution in [3.8, 4) is 5.75 Å². The fraction of sp³-hybridized carbons (Fsp3) is 0.450. The summed E-state index contributed by atoms with van der Waals surface area (Å²) in [6, 6.07) is 7.13. The van der Waals surface area contributed by atoms with E-state index in [-0.39, 0.29) is 5.76 Å². The highest BCUT2D eigenvalue weighted by molar-refractivity contribution is 5.92. The molecule has 9 heteroatoms. The Kier molecular flexibility index (Phi) is 10.1. The summed E-state index contributed by atoms with van der Waals surface area (Å²) < 4.78 is 10.3. The van der Waals surface area contributed by atoms with Gasteiger partial charge in [-0.05, 0) is 43.5 Å². The molecule has 2 heterocycles. The van der Waals surface area contributed by atoms with Crippen molar-refractivity contribution in [1.82, 2.24) is 26.5 Å². The van der Waals surface area contributed by atoms with Crippen LogP contribution in [0.3, 0.4) is 0 Å². The van der Waals surface area contributed by atoms with Crippen molar-refractivity contribution >= 4 is 11.9 Å². The third-order valence-corrected chi connectivity index (χ3v) is 4.20. The smallest absolute Gasteiger partial charge is 0.333 e. The Balaban J connectivity index is 0.000000211. The number of hydrazine groups is 1. The first-order chi connectivity index (χ1) is 14.2. The molecule has 9 nitrogen and oxygen atoms in total. The summed E-state index contributed by atoms with van der Waals surface area (Å²) in [5.74, 6) is 0.485. The lowest BCUT2D eigenvalue weighted by Gasteiger charge is -2.26. The van der Waals surface area contributed by atoms with Crippen molar-refractivity contribution in [1.29, 1.82) is 0 Å². The van der Waals surface area contributed by atoms with Crippen LogP contribution in [-0.4, -0.2) is 36.2 Å². The van der Waals surface area contributed by atoms with Crippen molar-refractivity contribution in [2.75, 3.05) is 13.3 Å². The van der Waals surface area contributed by atoms with Gasteiger partial charge in [0.15, 0.2) is 5.76 Å². The lowest BCUT2D eigenvalue weighted by molar-refractivity contribution is 0.0908. The van der Waals surface area contributed by atoms with E-state index < -0.39 is 11.9 Å². The third kappa shape index (κ3) is 9.11. The standard InChI is InChI=1S/C10H15N3O3.C10H14N2O/c1-2-3-6-11-10(15)13-12-9(14)8-5-4-7-16-8;1-3-9(4-1)12-8-13-10-5-2-6-11-7-10/h4-5,7H,2-3,6H2,1H3,(H,12,14)(H2,11,13,15);2,5-7,9,12H,1,3-4,8H2. The lowest BCUT2D eigenvalue weighted by atomic mass is 9.94. The van der Waals surface area contributed by atoms with Gasteiger partial charge >= 0.3 is 11.9 Å². The molecule has 2 aromatic heterocycles. The number of furan rings is 1. The number of nitrogens with one attached hydrogen (secondary N) is 4. The van der Waals surface area contributed by atoms with E-state index in [0.29, 0.717) is 19.3 Å². The minimum atomic E-state index is -0.490. The first-order valence-corrected chi connectivity index (χ1v) is 9.83. The number of pyridine rings is 1. The molecular formula is C20H29N5O4. The highest BCUT2D eigenvalue weighted by atomic mass is 16.5. The molecule has 3 amide bonds. The van der Waals surface area contributed by atoms with E-state index >= 15 is 0 Å². The van der Waals surface area contributed by atoms with Crippen molar-refractivity contribution in [3.63, 3.8) is 0 Å². The van der Waals surface area contributed by atoms with E-state index in [1.807, 2.05) is 19.1 Å². The maximum Gasteiger partial charge on any atom is 0.333 e. The Morgan fingerprint density at radius 2 is 2.10 bits per heavy atom. The number of ether oxygens (including phenoxy) is 1. The summed E-state index contributed by atoms with van der Waals surface area (Å²) >= 11 is 0. The van der Waals surface area contributed by atoms with E-state index in [1.165, 1.54) is 31.6 Å². The molecule has 0 atom stereocenters. The van der Waals surface area contributed by atoms with Crippen LogP contribution < -0.4 is 26.2 Å². The molecule has 2 aromatic rings. The molecule has 0 saturated heterocycles. The van der Waals surface area contributed by atoms with Crippen LogP contribution in [0.25, 0.3) is 0 Å². The van der Waals surface area contributed by atoms with Crippen LogP contribution in [0.5, 0.6) is 5.75 Å². The Hall–Kier alpha value is -3.07. The SMILES string of the molecule is CCCCNC(=O)NNC(=O)c1ccco1.c1cncc(OCNC2CCC2)c1. The van der Waals surface area contributed by atoms with Crippen molar-refractivity contribution in [2.45, 2.75) is 45.1 Å². The van der Waals surface area contributed by atoms with Crippen LogP contribution in [0.15, 0.2) is 47.3 Å². The second-order valence-corrected chi connectivity index (χ2v) is 6.48. The van der Waals surface area contributed by atoms with Gasteiger partial charge in [0.25, 0.3) is 0 Å². The predicted octanol–water partition coefficient (Wildman–Crippen LogP) is 2.58. The molecule has 29 heavy (non-hydrogen) atoms. The summed E-state index contributed by atoms with van der Waals surface area (Å²) in [4.78, 5) is 26.4. The van der Waals surface area contributed by atoms with E-state index in [1.54, 1.807) is 18.5 Å². The molecule has 4 N–H and O–H groups in total. The molecule has 0 unspecified atom stereocenters. The van der Waals surface area contributed by atoms with Crippen LogP contribution in [0.1, 0.15) is 49.6 Å². The maximum atomic E-state index is 11.3. The van der Waals surface area contributed by atoms with E-state index in [9.17, 15) is 9.59 Å². The fourth-order valence-electron chi connectivity index (χ4n) is 2.29. The minimum Gasteiger partial charge on any atom is -0.477 e. The van der Waals surface area contributed by atoms with Gasteiger partial charge in [0, 0.05) is 18.8 Å². The average molecular weight is 403 g/mol. The molecule has 1 aliphatic carbocycles. The molecule has 1 fully saturated rings. The summed E-state index contributed by atoms with van der Waals surface area (Å²) in [7, 11) is 0. The average Bonchev–Trinajstić information content (AvgIpc) is 3.24. The molecule has 0 bridgehead atoms. The normalized spacial score (nSPS) is 12.7. The molecule has 158 valence electrons. The molecule has 1 saturated carbocycles. The summed E-state index contributed by atoms with van der Waals surface area (Å²) in [6.45, 7) is 3.20. The van der Waals surface area contributed by atoms with Crippen LogP contribution >= 0.6 is 0 Å². The molecule has 0 aliphatic heterocycles. The van der Waals surface area contributed by atoms with Gasteiger partial charge in [-0.25, -0.2) is 10.2 Å². The number of carbonyl (C=O) groups is 2. The largest absolute Gasteiger partial charge is 0.477 e. The first-order valence-electron chi connectivity index (χ1n) is 9.83. The highest BCUT2D eigenvalue weighted by Gasteiger charge is 2.15. The van der Waals surface area contributed by atoms with Gasteiger partial charge in [0.1, 0.15) is 12.5 Å². The zero-order valence-electron chi connectivity index (χ0n) is 16.6. The van der Waals surface area contributed by atoms with E-state index in [2.05, 4.69) is 26.5 Å². The Morgan fingerprint density at radius 1 is 1.24 bits per heavy atom. The second-order valence-electron chi connectivity index (χ2n) is 6.48. The summed E-state index contributed by atoms with van der Waals surface area (Å²) in [5.41, 5.74) is 4.44. The van der Waals surface area contributed by atoms with Gasteiger partial charge in [-0.15, -0.1) is 0 Å². The van der Waals surface area contributed by atoms with Gasteiger partial charge < -0.3 is 14.5 Å². The number of hydrogen-bond donors (Lipinski definition) is 4.